The molecule has 0 aromatic heterocycles. The highest BCUT2D eigenvalue weighted by Crippen LogP contribution is 2.30. The van der Waals surface area contributed by atoms with Crippen molar-refractivity contribution in [3.8, 4) is 5.75 Å². The van der Waals surface area contributed by atoms with Gasteiger partial charge in [-0.1, -0.05) is 28.1 Å². The second kappa shape index (κ2) is 7.86. The number of hydrogen-bond donors (Lipinski definition) is 2. The van der Waals surface area contributed by atoms with E-state index >= 15 is 0 Å². The molecule has 0 saturated carbocycles. The van der Waals surface area contributed by atoms with Crippen LogP contribution in [0.1, 0.15) is 30.5 Å². The number of carbonyl (C=O) groups excluding carboxylic acids is 2. The summed E-state index contributed by atoms with van der Waals surface area (Å²) in [5, 5.41) is 5.63. The molecule has 1 atom stereocenters. The summed E-state index contributed by atoms with van der Waals surface area (Å²) in [5.41, 5.74) is 1.94. The maximum Gasteiger partial charge on any atom is 0.262 e. The van der Waals surface area contributed by atoms with Gasteiger partial charge in [0, 0.05) is 10.9 Å². The lowest BCUT2D eigenvalue weighted by atomic mass is 10.1. The van der Waals surface area contributed by atoms with Crippen LogP contribution in [-0.4, -0.2) is 18.4 Å². The Morgan fingerprint density at radius 1 is 1.35 bits per heavy atom. The van der Waals surface area contributed by atoms with E-state index in [1.54, 1.807) is 24.3 Å². The third kappa shape index (κ3) is 4.40. The average molecular weight is 421 g/mol. The fourth-order valence-electron chi connectivity index (χ4n) is 2.74. The van der Waals surface area contributed by atoms with Gasteiger partial charge in [-0.3, -0.25) is 9.59 Å². The predicted octanol–water partition coefficient (Wildman–Crippen LogP) is 3.73. The molecule has 136 valence electrons. The van der Waals surface area contributed by atoms with Crippen molar-refractivity contribution in [2.24, 2.45) is 0 Å². The van der Waals surface area contributed by atoms with Crippen LogP contribution in [0.2, 0.25) is 0 Å². The lowest BCUT2D eigenvalue weighted by molar-refractivity contribution is -0.121. The zero-order valence-electron chi connectivity index (χ0n) is 14.1. The first kappa shape index (κ1) is 18.4. The van der Waals surface area contributed by atoms with Crippen LogP contribution in [0, 0.1) is 5.82 Å². The molecule has 7 heteroatoms. The second-order valence-corrected chi connectivity index (χ2v) is 7.03. The highest BCUT2D eigenvalue weighted by Gasteiger charge is 2.18. The zero-order chi connectivity index (χ0) is 18.7. The number of amides is 2. The van der Waals surface area contributed by atoms with Crippen molar-refractivity contribution in [1.29, 1.82) is 0 Å². The molecule has 0 radical (unpaired) electrons. The van der Waals surface area contributed by atoms with Crippen LogP contribution in [0.4, 0.5) is 10.1 Å². The van der Waals surface area contributed by atoms with Gasteiger partial charge in [-0.05, 0) is 48.7 Å². The van der Waals surface area contributed by atoms with Crippen molar-refractivity contribution in [3.05, 3.63) is 57.8 Å². The Hall–Kier alpha value is -2.41. The summed E-state index contributed by atoms with van der Waals surface area (Å²) in [6.45, 7) is 1.86. The molecule has 0 saturated heterocycles. The topological polar surface area (TPSA) is 67.4 Å². The van der Waals surface area contributed by atoms with Gasteiger partial charge in [0.25, 0.3) is 5.91 Å². The van der Waals surface area contributed by atoms with Crippen molar-refractivity contribution in [1.82, 2.24) is 5.32 Å². The molecule has 1 aliphatic heterocycles. The van der Waals surface area contributed by atoms with Crippen LogP contribution >= 0.6 is 15.9 Å². The van der Waals surface area contributed by atoms with Gasteiger partial charge in [0.1, 0.15) is 11.6 Å². The Kier molecular flexibility index (Phi) is 5.56. The molecule has 2 amide bonds. The van der Waals surface area contributed by atoms with Crippen molar-refractivity contribution in [2.45, 2.75) is 25.8 Å². The first-order valence-electron chi connectivity index (χ1n) is 8.22. The van der Waals surface area contributed by atoms with Crippen molar-refractivity contribution < 1.29 is 18.7 Å². The minimum Gasteiger partial charge on any atom is -0.482 e. The van der Waals surface area contributed by atoms with E-state index < -0.39 is 0 Å². The Balaban J connectivity index is 1.59. The molecule has 2 aromatic carbocycles. The number of rotatable bonds is 5. The fourth-order valence-corrected chi connectivity index (χ4v) is 3.07. The first-order chi connectivity index (χ1) is 12.4. The van der Waals surface area contributed by atoms with Crippen LogP contribution in [-0.2, 0) is 16.0 Å². The number of fused-ring (bicyclic) bond motifs is 1. The maximum absolute atomic E-state index is 13.8. The average Bonchev–Trinajstić information content (AvgIpc) is 2.60. The molecular weight excluding hydrogens is 403 g/mol. The number of carbonyl (C=O) groups is 2. The van der Waals surface area contributed by atoms with Crippen molar-refractivity contribution in [2.75, 3.05) is 11.9 Å². The van der Waals surface area contributed by atoms with Gasteiger partial charge in [0.2, 0.25) is 5.91 Å². The van der Waals surface area contributed by atoms with E-state index in [0.717, 1.165) is 5.56 Å². The van der Waals surface area contributed by atoms with E-state index in [0.29, 0.717) is 27.9 Å². The molecule has 3 rings (SSSR count). The molecule has 0 bridgehead atoms. The summed E-state index contributed by atoms with van der Waals surface area (Å²) in [7, 11) is 0. The summed E-state index contributed by atoms with van der Waals surface area (Å²) >= 11 is 3.21. The largest absolute Gasteiger partial charge is 0.482 e. The zero-order valence-corrected chi connectivity index (χ0v) is 15.7. The van der Waals surface area contributed by atoms with E-state index in [1.807, 2.05) is 13.0 Å². The first-order valence-corrected chi connectivity index (χ1v) is 9.01. The van der Waals surface area contributed by atoms with Crippen molar-refractivity contribution >= 4 is 33.4 Å². The number of benzene rings is 2. The number of aryl methyl sites for hydroxylation is 1. The standard InChI is InChI=1S/C19H18BrFN2O3/c1-11(13-3-6-17-16(8-13)23-19(25)10-26-17)22-18(24)7-4-12-2-5-14(20)9-15(12)21/h2-3,5-6,8-9,11H,4,7,10H2,1H3,(H,22,24)(H,23,25). The Morgan fingerprint density at radius 3 is 2.92 bits per heavy atom. The number of ether oxygens (including phenoxy) is 1. The number of anilines is 1. The molecular formula is C19H18BrFN2O3. The van der Waals surface area contributed by atoms with E-state index in [4.69, 9.17) is 4.74 Å². The Morgan fingerprint density at radius 2 is 2.15 bits per heavy atom. The lowest BCUT2D eigenvalue weighted by Crippen LogP contribution is -2.28. The Bertz CT molecular complexity index is 857. The molecule has 26 heavy (non-hydrogen) atoms. The number of halogens is 2. The van der Waals surface area contributed by atoms with Gasteiger partial charge >= 0.3 is 0 Å². The third-order valence-electron chi connectivity index (χ3n) is 4.15. The molecule has 0 aliphatic carbocycles. The predicted molar refractivity (Wildman–Crippen MR) is 99.5 cm³/mol. The summed E-state index contributed by atoms with van der Waals surface area (Å²) in [4.78, 5) is 23.6. The summed E-state index contributed by atoms with van der Waals surface area (Å²) in [6, 6.07) is 9.96. The van der Waals surface area contributed by atoms with Gasteiger partial charge in [-0.25, -0.2) is 4.39 Å². The minimum absolute atomic E-state index is 0.00521. The molecule has 5 nitrogen and oxygen atoms in total. The number of hydrogen-bond acceptors (Lipinski definition) is 3. The smallest absolute Gasteiger partial charge is 0.262 e. The van der Waals surface area contributed by atoms with Crippen molar-refractivity contribution in [3.63, 3.8) is 0 Å². The van der Waals surface area contributed by atoms with Gasteiger partial charge in [-0.2, -0.15) is 0 Å². The highest BCUT2D eigenvalue weighted by atomic mass is 79.9. The van der Waals surface area contributed by atoms with E-state index in [2.05, 4.69) is 26.6 Å². The second-order valence-electron chi connectivity index (χ2n) is 6.12. The van der Waals surface area contributed by atoms with Crippen LogP contribution in [0.5, 0.6) is 5.75 Å². The quantitative estimate of drug-likeness (QED) is 0.774. The molecule has 0 fully saturated rings. The van der Waals surface area contributed by atoms with E-state index in [1.165, 1.54) is 6.07 Å². The van der Waals surface area contributed by atoms with Crippen LogP contribution in [0.3, 0.4) is 0 Å². The molecule has 2 N–H and O–H groups in total. The normalized spacial score (nSPS) is 14.0. The molecule has 1 heterocycles. The van der Waals surface area contributed by atoms with Gasteiger partial charge in [-0.15, -0.1) is 0 Å². The summed E-state index contributed by atoms with van der Waals surface area (Å²) < 4.78 is 19.8. The summed E-state index contributed by atoms with van der Waals surface area (Å²) in [6.07, 6.45) is 0.513. The molecule has 0 spiro atoms. The molecule has 1 unspecified atom stereocenters. The SMILES string of the molecule is CC(NC(=O)CCc1ccc(Br)cc1F)c1ccc2c(c1)NC(=O)CO2. The number of nitrogens with one attached hydrogen (secondary N) is 2. The fraction of sp³-hybridized carbons (Fsp3) is 0.263. The van der Waals surface area contributed by atoms with E-state index in [9.17, 15) is 14.0 Å². The minimum atomic E-state index is -0.328. The monoisotopic (exact) mass is 420 g/mol. The maximum atomic E-state index is 13.8. The van der Waals surface area contributed by atoms with E-state index in [-0.39, 0.29) is 36.7 Å². The van der Waals surface area contributed by atoms with Gasteiger partial charge in [0.05, 0.1) is 11.7 Å². The van der Waals surface area contributed by atoms with Gasteiger partial charge < -0.3 is 15.4 Å². The summed E-state index contributed by atoms with van der Waals surface area (Å²) in [5.74, 6) is -0.0936. The third-order valence-corrected chi connectivity index (χ3v) is 4.64. The van der Waals surface area contributed by atoms with Crippen LogP contribution < -0.4 is 15.4 Å². The van der Waals surface area contributed by atoms with Gasteiger partial charge in [0.15, 0.2) is 6.61 Å². The van der Waals surface area contributed by atoms with Crippen LogP contribution in [0.25, 0.3) is 0 Å². The highest BCUT2D eigenvalue weighted by molar-refractivity contribution is 9.10. The van der Waals surface area contributed by atoms with Crippen LogP contribution in [0.15, 0.2) is 40.9 Å². The molecule has 1 aliphatic rings. The lowest BCUT2D eigenvalue weighted by Gasteiger charge is -2.21. The Labute approximate surface area is 159 Å². The molecule has 2 aromatic rings.